The van der Waals surface area contributed by atoms with Crippen molar-refractivity contribution in [1.29, 1.82) is 0 Å². The van der Waals surface area contributed by atoms with Gasteiger partial charge in [0, 0.05) is 0 Å². The summed E-state index contributed by atoms with van der Waals surface area (Å²) in [6.45, 7) is 6.10. The van der Waals surface area contributed by atoms with Crippen molar-refractivity contribution >= 4 is 5.97 Å². The fraction of sp³-hybridized carbons (Fsp3) is 0.679. The molecule has 0 bridgehead atoms. The Morgan fingerprint density at radius 2 is 1.84 bits per heavy atom. The van der Waals surface area contributed by atoms with E-state index in [0.717, 1.165) is 55.4 Å². The van der Waals surface area contributed by atoms with Crippen LogP contribution in [0.5, 0.6) is 5.75 Å². The summed E-state index contributed by atoms with van der Waals surface area (Å²) in [6.07, 6.45) is 15.9. The first-order valence-electron chi connectivity index (χ1n) is 12.7. The third-order valence-electron chi connectivity index (χ3n) is 8.56. The lowest BCUT2D eigenvalue weighted by Crippen LogP contribution is -2.40. The number of hydrogen-bond acceptors (Lipinski definition) is 2. The van der Waals surface area contributed by atoms with Gasteiger partial charge in [-0.05, 0) is 98.7 Å². The Morgan fingerprint density at radius 3 is 2.58 bits per heavy atom. The number of halogens is 1. The molecule has 170 valence electrons. The van der Waals surface area contributed by atoms with Crippen molar-refractivity contribution in [3.8, 4) is 5.75 Å². The van der Waals surface area contributed by atoms with Crippen LogP contribution in [0.4, 0.5) is 4.39 Å². The van der Waals surface area contributed by atoms with Crippen LogP contribution in [0.25, 0.3) is 0 Å². The molecule has 3 aliphatic carbocycles. The summed E-state index contributed by atoms with van der Waals surface area (Å²) in [5.41, 5.74) is 0.908. The van der Waals surface area contributed by atoms with Gasteiger partial charge in [0.2, 0.25) is 0 Å². The standard InChI is InChI=1S/C28H39FO2/c1-3-4-6-20-11-16-27(26(29)17-20)31-28(30)25-8-5-7-23-18-22(14-15-24(23)25)21-12-9-19(2)10-13-21/h3,11,16-17,19,21-25H,1,4-10,12-15,18H2,2H3. The molecule has 2 nitrogen and oxygen atoms in total. The predicted octanol–water partition coefficient (Wildman–Crippen LogP) is 7.51. The lowest BCUT2D eigenvalue weighted by atomic mass is 9.59. The van der Waals surface area contributed by atoms with Crippen LogP contribution in [0.1, 0.15) is 83.1 Å². The van der Waals surface area contributed by atoms with Crippen LogP contribution in [0.2, 0.25) is 0 Å². The number of hydrogen-bond donors (Lipinski definition) is 0. The monoisotopic (exact) mass is 426 g/mol. The van der Waals surface area contributed by atoms with Gasteiger partial charge in [-0.15, -0.1) is 6.58 Å². The van der Waals surface area contributed by atoms with Gasteiger partial charge in [0.1, 0.15) is 0 Å². The SMILES string of the molecule is C=CCCc1ccc(OC(=O)C2CCCC3CC(C4CCC(C)CC4)CCC32)c(F)c1. The van der Waals surface area contributed by atoms with Crippen molar-refractivity contribution in [1.82, 2.24) is 0 Å². The zero-order valence-corrected chi connectivity index (χ0v) is 19.2. The first-order chi connectivity index (χ1) is 15.0. The van der Waals surface area contributed by atoms with Gasteiger partial charge >= 0.3 is 5.97 Å². The van der Waals surface area contributed by atoms with Crippen molar-refractivity contribution in [2.75, 3.05) is 0 Å². The highest BCUT2D eigenvalue weighted by molar-refractivity contribution is 5.75. The molecule has 0 radical (unpaired) electrons. The zero-order chi connectivity index (χ0) is 21.8. The predicted molar refractivity (Wildman–Crippen MR) is 123 cm³/mol. The number of carbonyl (C=O) groups excluding carboxylic acids is 1. The highest BCUT2D eigenvalue weighted by Crippen LogP contribution is 2.50. The highest BCUT2D eigenvalue weighted by Gasteiger charge is 2.43. The van der Waals surface area contributed by atoms with Crippen molar-refractivity contribution in [2.24, 2.45) is 35.5 Å². The molecule has 3 aliphatic rings. The van der Waals surface area contributed by atoms with Gasteiger partial charge in [-0.25, -0.2) is 4.39 Å². The third kappa shape index (κ3) is 5.41. The molecule has 0 N–H and O–H groups in total. The second kappa shape index (κ2) is 10.3. The molecule has 0 aromatic heterocycles. The fourth-order valence-electron chi connectivity index (χ4n) is 6.71. The smallest absolute Gasteiger partial charge is 0.314 e. The van der Waals surface area contributed by atoms with E-state index in [9.17, 15) is 9.18 Å². The average molecular weight is 427 g/mol. The molecule has 0 aliphatic heterocycles. The summed E-state index contributed by atoms with van der Waals surface area (Å²) < 4.78 is 20.1. The van der Waals surface area contributed by atoms with Gasteiger partial charge < -0.3 is 4.74 Å². The Morgan fingerprint density at radius 1 is 1.06 bits per heavy atom. The van der Waals surface area contributed by atoms with E-state index in [-0.39, 0.29) is 17.6 Å². The Labute approximate surface area is 187 Å². The summed E-state index contributed by atoms with van der Waals surface area (Å²) >= 11 is 0. The Bertz CT molecular complexity index is 764. The maximum atomic E-state index is 14.5. The fourth-order valence-corrected chi connectivity index (χ4v) is 6.71. The molecule has 0 spiro atoms. The Balaban J connectivity index is 1.36. The third-order valence-corrected chi connectivity index (χ3v) is 8.56. The molecule has 1 aromatic carbocycles. The summed E-state index contributed by atoms with van der Waals surface area (Å²) in [7, 11) is 0. The number of aryl methyl sites for hydroxylation is 1. The van der Waals surface area contributed by atoms with Crippen LogP contribution in [0, 0.1) is 41.3 Å². The number of carbonyl (C=O) groups is 1. The normalized spacial score (nSPS) is 33.4. The minimum atomic E-state index is -0.433. The lowest BCUT2D eigenvalue weighted by molar-refractivity contribution is -0.144. The van der Waals surface area contributed by atoms with Crippen molar-refractivity contribution in [2.45, 2.75) is 84.0 Å². The Kier molecular flexibility index (Phi) is 7.51. The van der Waals surface area contributed by atoms with Crippen LogP contribution in [0.15, 0.2) is 30.9 Å². The van der Waals surface area contributed by atoms with Gasteiger partial charge in [0.25, 0.3) is 0 Å². The van der Waals surface area contributed by atoms with Crippen molar-refractivity contribution < 1.29 is 13.9 Å². The molecule has 3 saturated carbocycles. The molecule has 31 heavy (non-hydrogen) atoms. The highest BCUT2D eigenvalue weighted by atomic mass is 19.1. The van der Waals surface area contributed by atoms with E-state index in [4.69, 9.17) is 4.74 Å². The van der Waals surface area contributed by atoms with Crippen LogP contribution < -0.4 is 4.74 Å². The largest absolute Gasteiger partial charge is 0.423 e. The van der Waals surface area contributed by atoms with Gasteiger partial charge in [-0.1, -0.05) is 44.7 Å². The molecular formula is C28H39FO2. The maximum Gasteiger partial charge on any atom is 0.314 e. The number of fused-ring (bicyclic) bond motifs is 1. The van der Waals surface area contributed by atoms with E-state index in [2.05, 4.69) is 13.5 Å². The van der Waals surface area contributed by atoms with E-state index in [1.807, 2.05) is 12.1 Å². The Hall–Kier alpha value is -1.64. The first-order valence-corrected chi connectivity index (χ1v) is 12.7. The van der Waals surface area contributed by atoms with E-state index in [1.54, 1.807) is 6.07 Å². The van der Waals surface area contributed by atoms with Gasteiger partial charge in [-0.3, -0.25) is 4.79 Å². The zero-order valence-electron chi connectivity index (χ0n) is 19.2. The first kappa shape index (κ1) is 22.6. The molecule has 4 atom stereocenters. The topological polar surface area (TPSA) is 26.3 Å². The molecular weight excluding hydrogens is 387 g/mol. The molecule has 4 unspecified atom stereocenters. The summed E-state index contributed by atoms with van der Waals surface area (Å²) in [5, 5.41) is 0. The summed E-state index contributed by atoms with van der Waals surface area (Å²) in [5.74, 6) is 3.10. The summed E-state index contributed by atoms with van der Waals surface area (Å²) in [4.78, 5) is 13.0. The number of ether oxygens (including phenoxy) is 1. The minimum Gasteiger partial charge on any atom is -0.423 e. The molecule has 4 rings (SSSR count). The average Bonchev–Trinajstić information content (AvgIpc) is 2.79. The van der Waals surface area contributed by atoms with E-state index in [1.165, 1.54) is 51.0 Å². The molecule has 0 heterocycles. The van der Waals surface area contributed by atoms with Crippen LogP contribution >= 0.6 is 0 Å². The van der Waals surface area contributed by atoms with Gasteiger partial charge in [0.05, 0.1) is 5.92 Å². The van der Waals surface area contributed by atoms with Crippen LogP contribution in [-0.4, -0.2) is 5.97 Å². The maximum absolute atomic E-state index is 14.5. The van der Waals surface area contributed by atoms with Gasteiger partial charge in [0.15, 0.2) is 11.6 Å². The summed E-state index contributed by atoms with van der Waals surface area (Å²) in [6, 6.07) is 4.97. The lowest BCUT2D eigenvalue weighted by Gasteiger charge is -2.45. The number of rotatable bonds is 6. The van der Waals surface area contributed by atoms with Crippen molar-refractivity contribution in [3.63, 3.8) is 0 Å². The molecule has 0 saturated heterocycles. The van der Waals surface area contributed by atoms with Crippen LogP contribution in [0.3, 0.4) is 0 Å². The van der Waals surface area contributed by atoms with E-state index >= 15 is 0 Å². The second-order valence-corrected chi connectivity index (χ2v) is 10.6. The second-order valence-electron chi connectivity index (χ2n) is 10.6. The molecule has 0 amide bonds. The molecule has 3 fully saturated rings. The number of benzene rings is 1. The van der Waals surface area contributed by atoms with E-state index in [0.29, 0.717) is 11.8 Å². The van der Waals surface area contributed by atoms with Crippen LogP contribution in [-0.2, 0) is 11.2 Å². The molecule has 1 aromatic rings. The quantitative estimate of drug-likeness (QED) is 0.267. The van der Waals surface area contributed by atoms with Gasteiger partial charge in [-0.2, -0.15) is 0 Å². The minimum absolute atomic E-state index is 0.0640. The van der Waals surface area contributed by atoms with E-state index < -0.39 is 5.82 Å². The number of esters is 1. The number of allylic oxidation sites excluding steroid dienone is 1. The molecule has 3 heteroatoms. The van der Waals surface area contributed by atoms with Crippen molar-refractivity contribution in [3.05, 3.63) is 42.2 Å².